The molecule has 2 heterocycles. The normalized spacial score (nSPS) is 28.9. The molecule has 138 valence electrons. The lowest BCUT2D eigenvalue weighted by Gasteiger charge is -2.39. The Hall–Kier alpha value is -0.660. The summed E-state index contributed by atoms with van der Waals surface area (Å²) in [5.41, 5.74) is 0. The number of hydrogen-bond donors (Lipinski definition) is 0. The van der Waals surface area contributed by atoms with Crippen LogP contribution in [0.4, 0.5) is 0 Å². The van der Waals surface area contributed by atoms with Crippen molar-refractivity contribution in [2.45, 2.75) is 51.9 Å². The monoisotopic (exact) mass is 357 g/mol. The molecule has 1 atom stereocenters. The fourth-order valence-corrected chi connectivity index (χ4v) is 6.02. The summed E-state index contributed by atoms with van der Waals surface area (Å²) in [6.07, 6.45) is 7.60. The van der Waals surface area contributed by atoms with E-state index in [9.17, 15) is 13.2 Å². The van der Waals surface area contributed by atoms with E-state index in [4.69, 9.17) is 0 Å². The van der Waals surface area contributed by atoms with E-state index in [2.05, 4.69) is 6.92 Å². The van der Waals surface area contributed by atoms with Crippen molar-refractivity contribution >= 4 is 16.1 Å². The summed E-state index contributed by atoms with van der Waals surface area (Å²) in [7, 11) is -3.36. The molecule has 0 radical (unpaired) electrons. The molecule has 1 unspecified atom stereocenters. The molecule has 3 aliphatic rings. The van der Waals surface area contributed by atoms with Crippen molar-refractivity contribution < 1.29 is 13.2 Å². The van der Waals surface area contributed by atoms with Crippen LogP contribution in [0.15, 0.2) is 0 Å². The first-order valence-corrected chi connectivity index (χ1v) is 10.9. The van der Waals surface area contributed by atoms with Gasteiger partial charge in [0.15, 0.2) is 0 Å². The van der Waals surface area contributed by atoms with Crippen LogP contribution < -0.4 is 0 Å². The molecule has 0 spiro atoms. The molecule has 0 aromatic carbocycles. The van der Waals surface area contributed by atoms with Crippen LogP contribution in [0.25, 0.3) is 0 Å². The van der Waals surface area contributed by atoms with Crippen molar-refractivity contribution in [2.24, 2.45) is 11.8 Å². The first-order chi connectivity index (χ1) is 11.5. The third-order valence-corrected chi connectivity index (χ3v) is 7.78. The molecule has 2 saturated heterocycles. The summed E-state index contributed by atoms with van der Waals surface area (Å²) >= 11 is 0. The van der Waals surface area contributed by atoms with E-state index in [1.54, 1.807) is 8.61 Å². The minimum Gasteiger partial charge on any atom is -0.340 e. The summed E-state index contributed by atoms with van der Waals surface area (Å²) in [5, 5.41) is 0. The van der Waals surface area contributed by atoms with Gasteiger partial charge in [0.25, 0.3) is 10.2 Å². The molecular weight excluding hydrogens is 326 g/mol. The summed E-state index contributed by atoms with van der Waals surface area (Å²) in [4.78, 5) is 14.5. The van der Waals surface area contributed by atoms with Gasteiger partial charge in [0, 0.05) is 45.2 Å². The van der Waals surface area contributed by atoms with Gasteiger partial charge in [-0.05, 0) is 31.6 Å². The summed E-state index contributed by atoms with van der Waals surface area (Å²) in [6.45, 7) is 5.33. The Morgan fingerprint density at radius 1 is 0.833 bits per heavy atom. The fourth-order valence-electron chi connectivity index (χ4n) is 4.27. The van der Waals surface area contributed by atoms with Crippen LogP contribution in [0.5, 0.6) is 0 Å². The first-order valence-electron chi connectivity index (χ1n) is 9.52. The maximum Gasteiger partial charge on any atom is 0.282 e. The Kier molecular flexibility index (Phi) is 5.82. The molecule has 0 N–H and O–H groups in total. The number of rotatable bonds is 3. The Bertz CT molecular complexity index is 537. The third-order valence-electron chi connectivity index (χ3n) is 5.78. The Morgan fingerprint density at radius 2 is 1.50 bits per heavy atom. The maximum absolute atomic E-state index is 12.8. The largest absolute Gasteiger partial charge is 0.340 e. The van der Waals surface area contributed by atoms with E-state index in [-0.39, 0.29) is 11.8 Å². The SMILES string of the molecule is CC1CCCN(S(=O)(=O)N2CCN(C(=O)C3CCCCC3)CC2)C1. The number of amides is 1. The van der Waals surface area contributed by atoms with Crippen molar-refractivity contribution in [1.82, 2.24) is 13.5 Å². The van der Waals surface area contributed by atoms with Gasteiger partial charge in [-0.2, -0.15) is 17.0 Å². The molecule has 24 heavy (non-hydrogen) atoms. The quantitative estimate of drug-likeness (QED) is 0.772. The molecule has 3 fully saturated rings. The third kappa shape index (κ3) is 3.94. The minimum absolute atomic E-state index is 0.171. The van der Waals surface area contributed by atoms with Gasteiger partial charge in [0.1, 0.15) is 0 Å². The van der Waals surface area contributed by atoms with Crippen LogP contribution in [0.2, 0.25) is 0 Å². The average Bonchev–Trinajstić information content (AvgIpc) is 2.62. The van der Waals surface area contributed by atoms with Gasteiger partial charge in [-0.25, -0.2) is 0 Å². The lowest BCUT2D eigenvalue weighted by Crippen LogP contribution is -2.56. The van der Waals surface area contributed by atoms with Crippen molar-refractivity contribution in [3.63, 3.8) is 0 Å². The van der Waals surface area contributed by atoms with E-state index in [0.717, 1.165) is 38.5 Å². The Morgan fingerprint density at radius 3 is 2.12 bits per heavy atom. The van der Waals surface area contributed by atoms with Crippen LogP contribution in [0, 0.1) is 11.8 Å². The molecule has 7 heteroatoms. The zero-order valence-corrected chi connectivity index (χ0v) is 15.6. The molecule has 1 amide bonds. The molecule has 0 bridgehead atoms. The first kappa shape index (κ1) is 18.1. The van der Waals surface area contributed by atoms with Crippen molar-refractivity contribution in [3.05, 3.63) is 0 Å². The van der Waals surface area contributed by atoms with Gasteiger partial charge in [0.2, 0.25) is 5.91 Å². The molecule has 2 aliphatic heterocycles. The summed E-state index contributed by atoms with van der Waals surface area (Å²) in [5.74, 6) is 0.853. The van der Waals surface area contributed by atoms with E-state index >= 15 is 0 Å². The number of piperazine rings is 1. The molecule has 6 nitrogen and oxygen atoms in total. The van der Waals surface area contributed by atoms with Gasteiger partial charge >= 0.3 is 0 Å². The highest BCUT2D eigenvalue weighted by atomic mass is 32.2. The smallest absolute Gasteiger partial charge is 0.282 e. The fraction of sp³-hybridized carbons (Fsp3) is 0.941. The number of hydrogen-bond acceptors (Lipinski definition) is 3. The van der Waals surface area contributed by atoms with E-state index in [1.165, 1.54) is 6.42 Å². The maximum atomic E-state index is 12.8. The van der Waals surface area contributed by atoms with Crippen LogP contribution in [0.3, 0.4) is 0 Å². The van der Waals surface area contributed by atoms with Gasteiger partial charge in [-0.1, -0.05) is 26.2 Å². The summed E-state index contributed by atoms with van der Waals surface area (Å²) < 4.78 is 28.8. The number of piperidine rings is 1. The molecule has 3 rings (SSSR count). The second kappa shape index (κ2) is 7.70. The van der Waals surface area contributed by atoms with Crippen LogP contribution in [-0.2, 0) is 15.0 Å². The highest BCUT2D eigenvalue weighted by molar-refractivity contribution is 7.86. The second-order valence-electron chi connectivity index (χ2n) is 7.67. The Balaban J connectivity index is 1.55. The van der Waals surface area contributed by atoms with Crippen LogP contribution in [0.1, 0.15) is 51.9 Å². The van der Waals surface area contributed by atoms with Crippen LogP contribution >= 0.6 is 0 Å². The highest BCUT2D eigenvalue weighted by Crippen LogP contribution is 2.26. The predicted octanol–water partition coefficient (Wildman–Crippen LogP) is 1.69. The summed E-state index contributed by atoms with van der Waals surface area (Å²) in [6, 6.07) is 0. The zero-order valence-electron chi connectivity index (χ0n) is 14.8. The van der Waals surface area contributed by atoms with E-state index < -0.39 is 10.2 Å². The predicted molar refractivity (Wildman–Crippen MR) is 93.6 cm³/mol. The number of nitrogens with zero attached hydrogens (tertiary/aromatic N) is 3. The van der Waals surface area contributed by atoms with Crippen molar-refractivity contribution in [2.75, 3.05) is 39.3 Å². The van der Waals surface area contributed by atoms with Crippen molar-refractivity contribution in [1.29, 1.82) is 0 Å². The molecule has 1 aliphatic carbocycles. The molecule has 1 saturated carbocycles. The van der Waals surface area contributed by atoms with Gasteiger partial charge < -0.3 is 4.90 Å². The van der Waals surface area contributed by atoms with Gasteiger partial charge in [-0.3, -0.25) is 4.79 Å². The molecule has 0 aromatic heterocycles. The van der Waals surface area contributed by atoms with Crippen molar-refractivity contribution in [3.8, 4) is 0 Å². The molecular formula is C17H31N3O3S. The second-order valence-corrected chi connectivity index (χ2v) is 9.60. The minimum atomic E-state index is -3.36. The van der Waals surface area contributed by atoms with Gasteiger partial charge in [-0.15, -0.1) is 0 Å². The van der Waals surface area contributed by atoms with E-state index in [1.807, 2.05) is 4.90 Å². The number of carbonyl (C=O) groups excluding carboxylic acids is 1. The standard InChI is InChI=1S/C17H31N3O3S/c1-15-6-5-9-20(14-15)24(22,23)19-12-10-18(11-13-19)17(21)16-7-3-2-4-8-16/h15-16H,2-14H2,1H3. The Labute approximate surface area is 146 Å². The highest BCUT2D eigenvalue weighted by Gasteiger charge is 2.36. The lowest BCUT2D eigenvalue weighted by atomic mass is 9.88. The van der Waals surface area contributed by atoms with Crippen LogP contribution in [-0.4, -0.2) is 67.1 Å². The average molecular weight is 358 g/mol. The van der Waals surface area contributed by atoms with Gasteiger partial charge in [0.05, 0.1) is 0 Å². The molecule has 0 aromatic rings. The van der Waals surface area contributed by atoms with E-state index in [0.29, 0.717) is 45.2 Å². The topological polar surface area (TPSA) is 60.9 Å². The number of carbonyl (C=O) groups is 1. The zero-order chi connectivity index (χ0) is 17.2. The lowest BCUT2D eigenvalue weighted by molar-refractivity contribution is -0.137.